The second-order valence-corrected chi connectivity index (χ2v) is 3.27. The Balaban J connectivity index is 3.74. The van der Waals surface area contributed by atoms with E-state index in [1.54, 1.807) is 6.92 Å². The Morgan fingerprint density at radius 3 is 2.47 bits per heavy atom. The van der Waals surface area contributed by atoms with Crippen molar-refractivity contribution >= 4 is 17.9 Å². The van der Waals surface area contributed by atoms with E-state index >= 15 is 0 Å². The van der Waals surface area contributed by atoms with Gasteiger partial charge in [0, 0.05) is 13.0 Å². The summed E-state index contributed by atoms with van der Waals surface area (Å²) in [6.07, 6.45) is 0.974. The molecule has 1 unspecified atom stereocenters. The number of rotatable bonds is 6. The first-order valence-corrected chi connectivity index (χ1v) is 5.19. The second kappa shape index (κ2) is 8.34. The van der Waals surface area contributed by atoms with Gasteiger partial charge in [-0.05, 0) is 12.8 Å². The van der Waals surface area contributed by atoms with Crippen molar-refractivity contribution in [1.29, 1.82) is 0 Å². The van der Waals surface area contributed by atoms with Gasteiger partial charge >= 0.3 is 11.9 Å². The minimum absolute atomic E-state index is 0.0157. The molecule has 98 valence electrons. The lowest BCUT2D eigenvalue weighted by Gasteiger charge is -2.08. The first-order chi connectivity index (χ1) is 7.97. The van der Waals surface area contributed by atoms with Crippen LogP contribution in [-0.2, 0) is 19.4 Å². The topological polar surface area (TPSA) is 143 Å². The van der Waals surface area contributed by atoms with Crippen LogP contribution in [0.5, 0.6) is 0 Å². The zero-order chi connectivity index (χ0) is 13.3. The van der Waals surface area contributed by atoms with Crippen molar-refractivity contribution < 1.29 is 19.4 Å². The van der Waals surface area contributed by atoms with E-state index in [0.29, 0.717) is 19.4 Å². The quantitative estimate of drug-likeness (QED) is 0.175. The average molecular weight is 246 g/mol. The largest absolute Gasteiger partial charge is 0.372 e. The summed E-state index contributed by atoms with van der Waals surface area (Å²) in [4.78, 5) is 34.0. The summed E-state index contributed by atoms with van der Waals surface area (Å²) in [5.74, 6) is -1.44. The highest BCUT2D eigenvalue weighted by molar-refractivity contribution is 5.76. The Kier molecular flexibility index (Phi) is 7.44. The highest BCUT2D eigenvalue weighted by atomic mass is 17.2. The molecule has 0 radical (unpaired) electrons. The van der Waals surface area contributed by atoms with Crippen LogP contribution in [0.1, 0.15) is 26.2 Å². The van der Waals surface area contributed by atoms with E-state index in [4.69, 9.17) is 17.2 Å². The molecule has 0 fully saturated rings. The molecule has 17 heavy (non-hydrogen) atoms. The summed E-state index contributed by atoms with van der Waals surface area (Å²) in [5, 5.41) is 0. The Labute approximate surface area is 99.1 Å². The summed E-state index contributed by atoms with van der Waals surface area (Å²) in [6, 6.07) is -0.867. The summed E-state index contributed by atoms with van der Waals surface area (Å²) in [6.45, 7) is 1.95. The third-order valence-electron chi connectivity index (χ3n) is 1.78. The number of guanidine groups is 1. The number of hydrogen-bond acceptors (Lipinski definition) is 6. The number of carbonyl (C=O) groups is 2. The first-order valence-electron chi connectivity index (χ1n) is 5.19. The van der Waals surface area contributed by atoms with Gasteiger partial charge in [-0.2, -0.15) is 0 Å². The monoisotopic (exact) mass is 246 g/mol. The van der Waals surface area contributed by atoms with Crippen LogP contribution in [0, 0.1) is 0 Å². The Morgan fingerprint density at radius 1 is 1.29 bits per heavy atom. The van der Waals surface area contributed by atoms with Crippen LogP contribution in [0.15, 0.2) is 4.99 Å². The molecule has 0 aromatic heterocycles. The normalized spacial score (nSPS) is 11.4. The van der Waals surface area contributed by atoms with Crippen LogP contribution in [0.2, 0.25) is 0 Å². The smallest absolute Gasteiger partial charge is 0.370 e. The van der Waals surface area contributed by atoms with Gasteiger partial charge in [-0.3, -0.25) is 4.99 Å². The molecule has 0 saturated carbocycles. The lowest BCUT2D eigenvalue weighted by molar-refractivity contribution is -0.259. The van der Waals surface area contributed by atoms with Crippen LogP contribution < -0.4 is 17.2 Å². The summed E-state index contributed by atoms with van der Waals surface area (Å²) < 4.78 is 0. The predicted octanol–water partition coefficient (Wildman–Crippen LogP) is -1.22. The van der Waals surface area contributed by atoms with Crippen LogP contribution in [0.4, 0.5) is 0 Å². The Hall–Kier alpha value is -1.83. The third-order valence-corrected chi connectivity index (χ3v) is 1.78. The van der Waals surface area contributed by atoms with Crippen LogP contribution in [0.25, 0.3) is 0 Å². The maximum atomic E-state index is 11.2. The Bertz CT molecular complexity index is 289. The number of carbonyl (C=O) groups excluding carboxylic acids is 2. The molecule has 8 heteroatoms. The molecular weight excluding hydrogens is 228 g/mol. The number of nitrogens with two attached hydrogens (primary N) is 3. The number of nitrogens with zero attached hydrogens (tertiary/aromatic N) is 1. The van der Waals surface area contributed by atoms with Gasteiger partial charge in [0.05, 0.1) is 0 Å². The van der Waals surface area contributed by atoms with Crippen molar-refractivity contribution in [3.05, 3.63) is 0 Å². The number of aliphatic imine (C=N–C) groups is 1. The van der Waals surface area contributed by atoms with Gasteiger partial charge in [-0.1, -0.05) is 6.92 Å². The van der Waals surface area contributed by atoms with Gasteiger partial charge in [0.15, 0.2) is 5.96 Å². The van der Waals surface area contributed by atoms with Crippen molar-refractivity contribution in [1.82, 2.24) is 0 Å². The SMILES string of the molecule is CCC(=O)OOC(=O)C(N)CCCN=C(N)N. The van der Waals surface area contributed by atoms with Crippen molar-refractivity contribution in [3.63, 3.8) is 0 Å². The highest BCUT2D eigenvalue weighted by Gasteiger charge is 2.17. The van der Waals surface area contributed by atoms with E-state index in [2.05, 4.69) is 14.8 Å². The molecule has 0 spiro atoms. The van der Waals surface area contributed by atoms with Gasteiger partial charge < -0.3 is 17.2 Å². The van der Waals surface area contributed by atoms with E-state index in [9.17, 15) is 9.59 Å². The minimum Gasteiger partial charge on any atom is -0.370 e. The molecule has 0 amide bonds. The van der Waals surface area contributed by atoms with Crippen molar-refractivity contribution in [2.24, 2.45) is 22.2 Å². The molecule has 0 rings (SSSR count). The zero-order valence-electron chi connectivity index (χ0n) is 9.72. The lowest BCUT2D eigenvalue weighted by Crippen LogP contribution is -2.33. The Morgan fingerprint density at radius 2 is 1.94 bits per heavy atom. The minimum atomic E-state index is -0.867. The van der Waals surface area contributed by atoms with Crippen molar-refractivity contribution in [2.45, 2.75) is 32.2 Å². The molecular formula is C9H18N4O4. The summed E-state index contributed by atoms with van der Waals surface area (Å²) in [5.41, 5.74) is 15.7. The molecule has 0 aliphatic rings. The van der Waals surface area contributed by atoms with Crippen molar-refractivity contribution in [3.8, 4) is 0 Å². The molecule has 0 aromatic rings. The molecule has 1 atom stereocenters. The molecule has 0 heterocycles. The fourth-order valence-electron chi connectivity index (χ4n) is 0.845. The molecule has 0 aromatic carbocycles. The van der Waals surface area contributed by atoms with Gasteiger partial charge in [0.25, 0.3) is 0 Å². The lowest BCUT2D eigenvalue weighted by atomic mass is 10.2. The van der Waals surface area contributed by atoms with E-state index in [1.165, 1.54) is 0 Å². The van der Waals surface area contributed by atoms with Gasteiger partial charge in [0.2, 0.25) is 0 Å². The van der Waals surface area contributed by atoms with Gasteiger partial charge in [-0.25, -0.2) is 19.4 Å². The molecule has 0 aliphatic carbocycles. The predicted molar refractivity (Wildman–Crippen MR) is 60.4 cm³/mol. The maximum absolute atomic E-state index is 11.2. The fraction of sp³-hybridized carbons (Fsp3) is 0.667. The van der Waals surface area contributed by atoms with Crippen LogP contribution >= 0.6 is 0 Å². The van der Waals surface area contributed by atoms with Gasteiger partial charge in [-0.15, -0.1) is 0 Å². The van der Waals surface area contributed by atoms with Crippen LogP contribution in [0.3, 0.4) is 0 Å². The molecule has 0 aliphatic heterocycles. The fourth-order valence-corrected chi connectivity index (χ4v) is 0.845. The zero-order valence-corrected chi connectivity index (χ0v) is 9.72. The summed E-state index contributed by atoms with van der Waals surface area (Å²) in [7, 11) is 0. The second-order valence-electron chi connectivity index (χ2n) is 3.27. The maximum Gasteiger partial charge on any atom is 0.372 e. The molecule has 6 N–H and O–H groups in total. The standard InChI is InChI=1S/C9H18N4O4/c1-2-7(14)16-17-8(15)6(10)4-3-5-13-9(11)12/h6H,2-5,10H2,1H3,(H4,11,12,13). The van der Waals surface area contributed by atoms with Gasteiger partial charge in [0.1, 0.15) is 6.04 Å². The van der Waals surface area contributed by atoms with Crippen LogP contribution in [-0.4, -0.2) is 30.5 Å². The summed E-state index contributed by atoms with van der Waals surface area (Å²) >= 11 is 0. The molecule has 8 nitrogen and oxygen atoms in total. The molecule has 0 bridgehead atoms. The average Bonchev–Trinajstić information content (AvgIpc) is 2.30. The van der Waals surface area contributed by atoms with E-state index < -0.39 is 18.0 Å². The first kappa shape index (κ1) is 15.2. The van der Waals surface area contributed by atoms with E-state index in [1.807, 2.05) is 0 Å². The molecule has 0 saturated heterocycles. The van der Waals surface area contributed by atoms with Crippen molar-refractivity contribution in [2.75, 3.05) is 6.54 Å². The van der Waals surface area contributed by atoms with E-state index in [-0.39, 0.29) is 12.4 Å². The number of hydrogen-bond donors (Lipinski definition) is 3. The third kappa shape index (κ3) is 8.03. The van der Waals surface area contributed by atoms with E-state index in [0.717, 1.165) is 0 Å². The highest BCUT2D eigenvalue weighted by Crippen LogP contribution is 1.99.